The SMILES string of the molecule is CC(C)CSc1c(F)cccc1CNC(C)(C)C. The Morgan fingerprint density at radius 1 is 1.28 bits per heavy atom. The van der Waals surface area contributed by atoms with E-state index in [4.69, 9.17) is 0 Å². The van der Waals surface area contributed by atoms with Crippen LogP contribution in [-0.4, -0.2) is 11.3 Å². The van der Waals surface area contributed by atoms with Crippen LogP contribution in [0.2, 0.25) is 0 Å². The van der Waals surface area contributed by atoms with Gasteiger partial charge in [0.05, 0.1) is 0 Å². The first kappa shape index (κ1) is 15.5. The molecule has 0 aliphatic carbocycles. The van der Waals surface area contributed by atoms with E-state index in [0.29, 0.717) is 12.5 Å². The molecule has 0 aliphatic rings. The maximum Gasteiger partial charge on any atom is 0.137 e. The lowest BCUT2D eigenvalue weighted by molar-refractivity contribution is 0.421. The third-order valence-corrected chi connectivity index (χ3v) is 4.00. The Hall–Kier alpha value is -0.540. The summed E-state index contributed by atoms with van der Waals surface area (Å²) in [5, 5.41) is 3.41. The standard InChI is InChI=1S/C15H24FNS/c1-11(2)10-18-14-12(7-6-8-13(14)16)9-17-15(3,4)5/h6-8,11,17H,9-10H2,1-5H3. The van der Waals surface area contributed by atoms with Crippen LogP contribution in [0.4, 0.5) is 4.39 Å². The van der Waals surface area contributed by atoms with E-state index < -0.39 is 0 Å². The Bertz CT molecular complexity index is 383. The summed E-state index contributed by atoms with van der Waals surface area (Å²) in [5.41, 5.74) is 1.10. The van der Waals surface area contributed by atoms with Crippen molar-refractivity contribution in [3.8, 4) is 0 Å². The van der Waals surface area contributed by atoms with E-state index in [2.05, 4.69) is 39.9 Å². The highest BCUT2D eigenvalue weighted by atomic mass is 32.2. The quantitative estimate of drug-likeness (QED) is 0.792. The number of hydrogen-bond donors (Lipinski definition) is 1. The molecule has 18 heavy (non-hydrogen) atoms. The molecule has 102 valence electrons. The lowest BCUT2D eigenvalue weighted by atomic mass is 10.1. The Morgan fingerprint density at radius 3 is 2.50 bits per heavy atom. The van der Waals surface area contributed by atoms with Crippen LogP contribution in [0.1, 0.15) is 40.2 Å². The third-order valence-electron chi connectivity index (χ3n) is 2.42. The van der Waals surface area contributed by atoms with Crippen LogP contribution in [0, 0.1) is 11.7 Å². The highest BCUT2D eigenvalue weighted by molar-refractivity contribution is 7.99. The monoisotopic (exact) mass is 269 g/mol. The van der Waals surface area contributed by atoms with Gasteiger partial charge in [-0.05, 0) is 38.3 Å². The van der Waals surface area contributed by atoms with Crippen molar-refractivity contribution in [1.82, 2.24) is 5.32 Å². The normalized spacial score (nSPS) is 12.2. The van der Waals surface area contributed by atoms with Gasteiger partial charge < -0.3 is 5.32 Å². The maximum atomic E-state index is 13.9. The van der Waals surface area contributed by atoms with Crippen LogP contribution in [0.25, 0.3) is 0 Å². The first-order chi connectivity index (χ1) is 8.29. The summed E-state index contributed by atoms with van der Waals surface area (Å²) in [6, 6.07) is 5.34. The van der Waals surface area contributed by atoms with Gasteiger partial charge in [0.1, 0.15) is 5.82 Å². The van der Waals surface area contributed by atoms with Crippen molar-refractivity contribution in [2.45, 2.75) is 51.6 Å². The number of benzene rings is 1. The summed E-state index contributed by atoms with van der Waals surface area (Å²) in [7, 11) is 0. The number of halogens is 1. The molecule has 0 bridgehead atoms. The van der Waals surface area contributed by atoms with Crippen molar-refractivity contribution in [2.24, 2.45) is 5.92 Å². The van der Waals surface area contributed by atoms with E-state index in [0.717, 1.165) is 16.2 Å². The van der Waals surface area contributed by atoms with Crippen LogP contribution in [0.15, 0.2) is 23.1 Å². The average Bonchev–Trinajstić information content (AvgIpc) is 2.23. The summed E-state index contributed by atoms with van der Waals surface area (Å²) in [6.45, 7) is 11.4. The Morgan fingerprint density at radius 2 is 1.94 bits per heavy atom. The number of thioether (sulfide) groups is 1. The minimum absolute atomic E-state index is 0.0479. The van der Waals surface area contributed by atoms with Gasteiger partial charge in [0.25, 0.3) is 0 Å². The minimum Gasteiger partial charge on any atom is -0.308 e. The molecule has 1 rings (SSSR count). The van der Waals surface area contributed by atoms with Gasteiger partial charge in [-0.3, -0.25) is 0 Å². The summed E-state index contributed by atoms with van der Waals surface area (Å²) in [4.78, 5) is 0.794. The summed E-state index contributed by atoms with van der Waals surface area (Å²) in [6.07, 6.45) is 0. The lowest BCUT2D eigenvalue weighted by Gasteiger charge is -2.22. The van der Waals surface area contributed by atoms with Crippen LogP contribution in [-0.2, 0) is 6.54 Å². The van der Waals surface area contributed by atoms with Gasteiger partial charge in [-0.15, -0.1) is 11.8 Å². The van der Waals surface area contributed by atoms with Gasteiger partial charge in [0.15, 0.2) is 0 Å². The van der Waals surface area contributed by atoms with Crippen LogP contribution in [0.5, 0.6) is 0 Å². The minimum atomic E-state index is -0.103. The molecule has 0 radical (unpaired) electrons. The zero-order chi connectivity index (χ0) is 13.8. The molecular weight excluding hydrogens is 245 g/mol. The van der Waals surface area contributed by atoms with E-state index in [1.807, 2.05) is 6.07 Å². The fourth-order valence-electron chi connectivity index (χ4n) is 1.46. The first-order valence-corrected chi connectivity index (χ1v) is 7.43. The second-order valence-corrected chi connectivity index (χ2v) is 7.07. The molecule has 0 atom stereocenters. The zero-order valence-electron chi connectivity index (χ0n) is 12.0. The molecule has 0 spiro atoms. The third kappa shape index (κ3) is 5.40. The van der Waals surface area contributed by atoms with E-state index in [-0.39, 0.29) is 11.4 Å². The molecule has 0 saturated heterocycles. The molecule has 0 heterocycles. The molecule has 1 nitrogen and oxygen atoms in total. The Kier molecular flexibility index (Phi) is 5.67. The van der Waals surface area contributed by atoms with E-state index in [9.17, 15) is 4.39 Å². The van der Waals surface area contributed by atoms with E-state index >= 15 is 0 Å². The molecule has 0 unspecified atom stereocenters. The maximum absolute atomic E-state index is 13.9. The predicted molar refractivity (Wildman–Crippen MR) is 78.6 cm³/mol. The van der Waals surface area contributed by atoms with Crippen molar-refractivity contribution in [1.29, 1.82) is 0 Å². The molecule has 1 aromatic rings. The van der Waals surface area contributed by atoms with Gasteiger partial charge in [-0.1, -0.05) is 26.0 Å². The summed E-state index contributed by atoms with van der Waals surface area (Å²) >= 11 is 1.62. The van der Waals surface area contributed by atoms with Gasteiger partial charge in [0, 0.05) is 22.7 Å². The smallest absolute Gasteiger partial charge is 0.137 e. The Labute approximate surface area is 115 Å². The predicted octanol–water partition coefficient (Wildman–Crippen LogP) is 4.46. The second-order valence-electron chi connectivity index (χ2n) is 6.04. The van der Waals surface area contributed by atoms with Crippen molar-refractivity contribution in [3.05, 3.63) is 29.6 Å². The van der Waals surface area contributed by atoms with E-state index in [1.165, 1.54) is 0 Å². The van der Waals surface area contributed by atoms with Gasteiger partial charge in [-0.2, -0.15) is 0 Å². The molecule has 0 aliphatic heterocycles. The lowest BCUT2D eigenvalue weighted by Crippen LogP contribution is -2.35. The molecule has 0 fully saturated rings. The number of rotatable bonds is 5. The molecule has 0 saturated carbocycles. The number of hydrogen-bond acceptors (Lipinski definition) is 2. The number of nitrogens with one attached hydrogen (secondary N) is 1. The van der Waals surface area contributed by atoms with Crippen LogP contribution < -0.4 is 5.32 Å². The molecular formula is C15H24FNS. The Balaban J connectivity index is 2.80. The van der Waals surface area contributed by atoms with Gasteiger partial charge in [-0.25, -0.2) is 4.39 Å². The highest BCUT2D eigenvalue weighted by Crippen LogP contribution is 2.28. The van der Waals surface area contributed by atoms with Gasteiger partial charge >= 0.3 is 0 Å². The largest absolute Gasteiger partial charge is 0.308 e. The molecule has 1 N–H and O–H groups in total. The van der Waals surface area contributed by atoms with Crippen LogP contribution >= 0.6 is 11.8 Å². The molecule has 3 heteroatoms. The van der Waals surface area contributed by atoms with E-state index in [1.54, 1.807) is 23.9 Å². The van der Waals surface area contributed by atoms with Gasteiger partial charge in [0.2, 0.25) is 0 Å². The molecule has 1 aromatic carbocycles. The van der Waals surface area contributed by atoms with Crippen molar-refractivity contribution >= 4 is 11.8 Å². The summed E-state index contributed by atoms with van der Waals surface area (Å²) < 4.78 is 13.9. The summed E-state index contributed by atoms with van der Waals surface area (Å²) in [5.74, 6) is 1.41. The van der Waals surface area contributed by atoms with Crippen LogP contribution in [0.3, 0.4) is 0 Å². The fourth-order valence-corrected chi connectivity index (χ4v) is 2.50. The average molecular weight is 269 g/mol. The highest BCUT2D eigenvalue weighted by Gasteiger charge is 2.13. The van der Waals surface area contributed by atoms with Crippen molar-refractivity contribution in [2.75, 3.05) is 5.75 Å². The van der Waals surface area contributed by atoms with Crippen molar-refractivity contribution < 1.29 is 4.39 Å². The first-order valence-electron chi connectivity index (χ1n) is 6.45. The molecule has 0 amide bonds. The fraction of sp³-hybridized carbons (Fsp3) is 0.600. The molecule has 0 aromatic heterocycles. The second kappa shape index (κ2) is 6.58. The topological polar surface area (TPSA) is 12.0 Å². The zero-order valence-corrected chi connectivity index (χ0v) is 12.8. The van der Waals surface area contributed by atoms with Crippen molar-refractivity contribution in [3.63, 3.8) is 0 Å².